The van der Waals surface area contributed by atoms with Crippen molar-refractivity contribution in [2.75, 3.05) is 26.2 Å². The number of aliphatic hydroxyl groups excluding tert-OH is 2. The summed E-state index contributed by atoms with van der Waals surface area (Å²) < 4.78 is 12.8. The van der Waals surface area contributed by atoms with Crippen LogP contribution in [0.4, 0.5) is 0 Å². The van der Waals surface area contributed by atoms with Gasteiger partial charge in [-0.2, -0.15) is 0 Å². The van der Waals surface area contributed by atoms with Gasteiger partial charge in [0.05, 0.1) is 24.9 Å². The number of β-amino-alcohol motifs (C(OH)–C–C–N with tert-alkyl or cyclic N) is 1. The predicted octanol–water partition coefficient (Wildman–Crippen LogP) is 3.10. The Balaban J connectivity index is 1.31. The minimum Gasteiger partial charge on any atom is -0.392 e. The number of carbonyl (C=O) groups is 2. The lowest BCUT2D eigenvalue weighted by molar-refractivity contribution is -0.252. The normalized spacial score (nSPS) is 23.2. The molecule has 4 atom stereocenters. The van der Waals surface area contributed by atoms with Gasteiger partial charge in [0.1, 0.15) is 0 Å². The summed E-state index contributed by atoms with van der Waals surface area (Å²) in [5.74, 6) is -0.00570. The zero-order valence-electron chi connectivity index (χ0n) is 23.4. The molecule has 9 heteroatoms. The molecule has 0 radical (unpaired) electrons. The molecule has 0 aliphatic carbocycles. The molecule has 4 unspecified atom stereocenters. The molecule has 2 amide bonds. The summed E-state index contributed by atoms with van der Waals surface area (Å²) in [5, 5.41) is 25.1. The molecule has 2 aromatic rings. The fourth-order valence-corrected chi connectivity index (χ4v) is 5.23. The second-order valence-corrected chi connectivity index (χ2v) is 10.9. The number of likely N-dealkylation sites (tertiary alicyclic amines) is 1. The number of amides is 2. The van der Waals surface area contributed by atoms with Crippen molar-refractivity contribution in [3.8, 4) is 0 Å². The molecule has 2 saturated heterocycles. The maximum Gasteiger partial charge on any atom is 0.220 e. The fourth-order valence-electron chi connectivity index (χ4n) is 5.23. The van der Waals surface area contributed by atoms with E-state index >= 15 is 0 Å². The van der Waals surface area contributed by atoms with Gasteiger partial charge >= 0.3 is 0 Å². The van der Waals surface area contributed by atoms with Gasteiger partial charge in [-0.15, -0.1) is 0 Å². The molecule has 0 spiro atoms. The van der Waals surface area contributed by atoms with Crippen LogP contribution in [0.1, 0.15) is 80.1 Å². The largest absolute Gasteiger partial charge is 0.392 e. The van der Waals surface area contributed by atoms with Gasteiger partial charge in [-0.25, -0.2) is 0 Å². The zero-order chi connectivity index (χ0) is 28.3. The van der Waals surface area contributed by atoms with Gasteiger partial charge in [-0.05, 0) is 36.0 Å². The molecule has 2 heterocycles. The number of rotatable bonds is 13. The van der Waals surface area contributed by atoms with E-state index in [4.69, 9.17) is 9.47 Å². The molecular weight excluding hydrogens is 510 g/mol. The second-order valence-electron chi connectivity index (χ2n) is 10.9. The Morgan fingerprint density at radius 2 is 1.68 bits per heavy atom. The predicted molar refractivity (Wildman–Crippen MR) is 151 cm³/mol. The van der Waals surface area contributed by atoms with Crippen molar-refractivity contribution in [2.24, 2.45) is 0 Å². The number of nitrogens with zero attached hydrogens (tertiary/aromatic N) is 1. The summed E-state index contributed by atoms with van der Waals surface area (Å²) in [6.45, 7) is 4.88. The van der Waals surface area contributed by atoms with E-state index in [0.717, 1.165) is 61.0 Å². The van der Waals surface area contributed by atoms with E-state index in [9.17, 15) is 19.8 Å². The molecule has 9 nitrogen and oxygen atoms in total. The van der Waals surface area contributed by atoms with Crippen molar-refractivity contribution in [1.29, 1.82) is 0 Å². The van der Waals surface area contributed by atoms with Crippen LogP contribution in [0.25, 0.3) is 0 Å². The Labute approximate surface area is 236 Å². The van der Waals surface area contributed by atoms with E-state index in [-0.39, 0.29) is 36.7 Å². The third kappa shape index (κ3) is 9.38. The minimum absolute atomic E-state index is 0.00416. The van der Waals surface area contributed by atoms with Gasteiger partial charge in [-0.1, -0.05) is 55.0 Å². The van der Waals surface area contributed by atoms with Crippen molar-refractivity contribution < 1.29 is 29.3 Å². The van der Waals surface area contributed by atoms with Crippen molar-refractivity contribution in [3.05, 3.63) is 70.8 Å². The van der Waals surface area contributed by atoms with Crippen molar-refractivity contribution in [2.45, 2.75) is 83.2 Å². The average molecular weight is 554 g/mol. The van der Waals surface area contributed by atoms with Crippen LogP contribution in [-0.4, -0.2) is 65.3 Å². The third-order valence-electron chi connectivity index (χ3n) is 7.52. The lowest BCUT2D eigenvalue weighted by atomic mass is 9.99. The van der Waals surface area contributed by atoms with Crippen LogP contribution in [0.5, 0.6) is 0 Å². The highest BCUT2D eigenvalue weighted by Crippen LogP contribution is 2.38. The molecule has 4 rings (SSSR count). The van der Waals surface area contributed by atoms with Crippen LogP contribution in [0.2, 0.25) is 0 Å². The van der Waals surface area contributed by atoms with Crippen molar-refractivity contribution in [1.82, 2.24) is 15.5 Å². The van der Waals surface area contributed by atoms with E-state index < -0.39 is 6.29 Å². The lowest BCUT2D eigenvalue weighted by Crippen LogP contribution is -2.38. The number of carbonyl (C=O) groups excluding carboxylic acids is 2. The van der Waals surface area contributed by atoms with Gasteiger partial charge in [0, 0.05) is 58.1 Å². The first kappa shape index (κ1) is 30.1. The maximum absolute atomic E-state index is 12.2. The Morgan fingerprint density at radius 1 is 0.950 bits per heavy atom. The number of ether oxygens (including phenoxy) is 2. The maximum atomic E-state index is 12.2. The van der Waals surface area contributed by atoms with E-state index in [0.29, 0.717) is 32.5 Å². The first-order valence-electron chi connectivity index (χ1n) is 14.4. The monoisotopic (exact) mass is 553 g/mol. The first-order chi connectivity index (χ1) is 19.4. The molecule has 40 heavy (non-hydrogen) atoms. The molecule has 0 aromatic heterocycles. The molecule has 2 fully saturated rings. The standard InChI is InChI=1S/C31H43N3O6/c1-22(36)32-15-4-2-3-5-30(38)33-18-23-6-12-26(13-7-23)31-39-28(20-34-16-14-27(37)19-34)17-29(40-31)25-10-8-24(21-35)9-11-25/h6-13,27-29,31,35,37H,2-5,14-21H2,1H3,(H,32,36)(H,33,38). The summed E-state index contributed by atoms with van der Waals surface area (Å²) in [6.07, 6.45) is 3.51. The molecule has 218 valence electrons. The molecule has 2 aromatic carbocycles. The van der Waals surface area contributed by atoms with Gasteiger partial charge in [-0.3, -0.25) is 14.5 Å². The Hall–Kier alpha value is -2.82. The number of nitrogens with one attached hydrogen (secondary N) is 2. The van der Waals surface area contributed by atoms with Crippen LogP contribution < -0.4 is 10.6 Å². The van der Waals surface area contributed by atoms with Crippen LogP contribution in [0, 0.1) is 0 Å². The van der Waals surface area contributed by atoms with Crippen molar-refractivity contribution in [3.63, 3.8) is 0 Å². The van der Waals surface area contributed by atoms with Gasteiger partial charge in [0.15, 0.2) is 6.29 Å². The molecule has 0 bridgehead atoms. The Bertz CT molecular complexity index is 1080. The van der Waals surface area contributed by atoms with E-state index in [1.54, 1.807) is 0 Å². The SMILES string of the molecule is CC(=O)NCCCCCC(=O)NCc1ccc(C2OC(CN3CCC(O)C3)CC(c3ccc(CO)cc3)O2)cc1. The highest BCUT2D eigenvalue weighted by Gasteiger charge is 2.34. The van der Waals surface area contributed by atoms with Gasteiger partial charge in [0.25, 0.3) is 0 Å². The van der Waals surface area contributed by atoms with Crippen LogP contribution in [0.15, 0.2) is 48.5 Å². The number of unbranched alkanes of at least 4 members (excludes halogenated alkanes) is 2. The first-order valence-corrected chi connectivity index (χ1v) is 14.4. The minimum atomic E-state index is -0.532. The summed E-state index contributed by atoms with van der Waals surface area (Å²) in [4.78, 5) is 25.4. The van der Waals surface area contributed by atoms with Crippen LogP contribution >= 0.6 is 0 Å². The number of hydrogen-bond donors (Lipinski definition) is 4. The number of aliphatic hydroxyl groups is 2. The molecule has 4 N–H and O–H groups in total. The zero-order valence-corrected chi connectivity index (χ0v) is 23.4. The molecule has 2 aliphatic rings. The summed E-state index contributed by atoms with van der Waals surface area (Å²) in [6, 6.07) is 15.8. The second kappa shape index (κ2) is 15.3. The Kier molecular flexibility index (Phi) is 11.5. The van der Waals surface area contributed by atoms with Crippen molar-refractivity contribution >= 4 is 11.8 Å². The molecule has 0 saturated carbocycles. The fraction of sp³-hybridized carbons (Fsp3) is 0.548. The summed E-state index contributed by atoms with van der Waals surface area (Å²) >= 11 is 0. The topological polar surface area (TPSA) is 120 Å². The quantitative estimate of drug-likeness (QED) is 0.281. The van der Waals surface area contributed by atoms with Gasteiger partial charge < -0.3 is 30.3 Å². The van der Waals surface area contributed by atoms with Gasteiger partial charge in [0.2, 0.25) is 11.8 Å². The number of hydrogen-bond acceptors (Lipinski definition) is 7. The molecular formula is C31H43N3O6. The average Bonchev–Trinajstić information content (AvgIpc) is 3.37. The highest BCUT2D eigenvalue weighted by molar-refractivity contribution is 5.75. The smallest absolute Gasteiger partial charge is 0.220 e. The Morgan fingerprint density at radius 3 is 2.35 bits per heavy atom. The van der Waals surface area contributed by atoms with Crippen LogP contribution in [0.3, 0.4) is 0 Å². The highest BCUT2D eigenvalue weighted by atomic mass is 16.7. The molecule has 2 aliphatic heterocycles. The number of benzene rings is 2. The lowest BCUT2D eigenvalue weighted by Gasteiger charge is -2.37. The van der Waals surface area contributed by atoms with E-state index in [2.05, 4.69) is 15.5 Å². The summed E-state index contributed by atoms with van der Waals surface area (Å²) in [5.41, 5.74) is 3.82. The third-order valence-corrected chi connectivity index (χ3v) is 7.52. The summed E-state index contributed by atoms with van der Waals surface area (Å²) in [7, 11) is 0. The van der Waals surface area contributed by atoms with E-state index in [1.807, 2.05) is 48.5 Å². The van der Waals surface area contributed by atoms with Crippen LogP contribution in [-0.2, 0) is 32.2 Å². The van der Waals surface area contributed by atoms with E-state index in [1.165, 1.54) is 6.92 Å².